The summed E-state index contributed by atoms with van der Waals surface area (Å²) in [6.07, 6.45) is 1.42. The van der Waals surface area contributed by atoms with Gasteiger partial charge in [-0.2, -0.15) is 13.5 Å². The Labute approximate surface area is 209 Å². The molecule has 10 heteroatoms. The zero-order valence-corrected chi connectivity index (χ0v) is 21.7. The maximum atomic E-state index is 12.7. The lowest BCUT2D eigenvalue weighted by Crippen LogP contribution is -2.18. The lowest BCUT2D eigenvalue weighted by atomic mass is 10.2. The number of nitrogens with zero attached hydrogens (tertiary/aromatic N) is 1. The molecule has 0 aromatic heterocycles. The van der Waals surface area contributed by atoms with E-state index in [0.29, 0.717) is 20.1 Å². The first-order chi connectivity index (χ1) is 15.7. The number of benzene rings is 3. The van der Waals surface area contributed by atoms with Gasteiger partial charge in [0.1, 0.15) is 4.90 Å². The van der Waals surface area contributed by atoms with E-state index in [-0.39, 0.29) is 28.9 Å². The number of ether oxygens (including phenoxy) is 1. The Morgan fingerprint density at radius 2 is 1.76 bits per heavy atom. The van der Waals surface area contributed by atoms with Crippen molar-refractivity contribution in [2.24, 2.45) is 5.10 Å². The number of hydrogen-bond acceptors (Lipinski definition) is 6. The lowest BCUT2D eigenvalue weighted by Gasteiger charge is -2.14. The van der Waals surface area contributed by atoms with E-state index in [0.717, 1.165) is 5.56 Å². The number of carbonyl (C=O) groups is 1. The normalized spacial score (nSPS) is 11.4. The van der Waals surface area contributed by atoms with Gasteiger partial charge in [-0.3, -0.25) is 4.79 Å². The van der Waals surface area contributed by atoms with Crippen molar-refractivity contribution in [3.63, 3.8) is 0 Å². The standard InChI is InChI=1S/C23H20Br2N2O5S/c1-3-31-21-13-16(14-26-27-23(28)18-6-4-5-7-19(18)24)12-20(25)22(21)32-33(29,30)17-10-8-15(2)9-11-17/h4-14H,3H2,1-2H3,(H,27,28)/b26-14-. The highest BCUT2D eigenvalue weighted by Gasteiger charge is 2.22. The van der Waals surface area contributed by atoms with Crippen LogP contribution in [0.2, 0.25) is 0 Å². The van der Waals surface area contributed by atoms with Crippen LogP contribution in [0.4, 0.5) is 0 Å². The quantitative estimate of drug-likeness (QED) is 0.212. The summed E-state index contributed by atoms with van der Waals surface area (Å²) in [4.78, 5) is 12.3. The van der Waals surface area contributed by atoms with Gasteiger partial charge >= 0.3 is 10.1 Å². The minimum Gasteiger partial charge on any atom is -0.490 e. The molecule has 0 heterocycles. The van der Waals surface area contributed by atoms with Crippen molar-refractivity contribution in [2.45, 2.75) is 18.7 Å². The summed E-state index contributed by atoms with van der Waals surface area (Å²) in [7, 11) is -4.07. The molecule has 1 amide bonds. The molecule has 0 spiro atoms. The molecular weight excluding hydrogens is 576 g/mol. The molecule has 172 valence electrons. The first-order valence-electron chi connectivity index (χ1n) is 9.76. The summed E-state index contributed by atoms with van der Waals surface area (Å²) in [6, 6.07) is 16.5. The summed E-state index contributed by atoms with van der Waals surface area (Å²) in [5.41, 5.74) is 4.38. The van der Waals surface area contributed by atoms with Crippen molar-refractivity contribution in [1.82, 2.24) is 5.43 Å². The first-order valence-corrected chi connectivity index (χ1v) is 12.8. The molecule has 0 aliphatic rings. The van der Waals surface area contributed by atoms with Crippen LogP contribution in [0.1, 0.15) is 28.4 Å². The number of halogens is 2. The third-order valence-corrected chi connectivity index (χ3v) is 6.85. The molecule has 0 unspecified atom stereocenters. The van der Waals surface area contributed by atoms with Gasteiger partial charge in [0.15, 0.2) is 11.5 Å². The van der Waals surface area contributed by atoms with Gasteiger partial charge in [0.25, 0.3) is 5.91 Å². The van der Waals surface area contributed by atoms with Crippen molar-refractivity contribution in [2.75, 3.05) is 6.61 Å². The van der Waals surface area contributed by atoms with Crippen LogP contribution >= 0.6 is 31.9 Å². The molecule has 0 aliphatic heterocycles. The van der Waals surface area contributed by atoms with E-state index in [4.69, 9.17) is 8.92 Å². The molecule has 1 N–H and O–H groups in total. The fraction of sp³-hybridized carbons (Fsp3) is 0.130. The Morgan fingerprint density at radius 3 is 2.42 bits per heavy atom. The number of rotatable bonds is 8. The van der Waals surface area contributed by atoms with Gasteiger partial charge < -0.3 is 8.92 Å². The fourth-order valence-corrected chi connectivity index (χ4v) is 4.81. The second-order valence-electron chi connectivity index (χ2n) is 6.79. The summed E-state index contributed by atoms with van der Waals surface area (Å²) in [5, 5.41) is 3.98. The van der Waals surface area contributed by atoms with Crippen LogP contribution in [0.3, 0.4) is 0 Å². The highest BCUT2D eigenvalue weighted by atomic mass is 79.9. The van der Waals surface area contributed by atoms with E-state index in [1.165, 1.54) is 18.3 Å². The minimum absolute atomic E-state index is 0.0202. The van der Waals surface area contributed by atoms with E-state index < -0.39 is 10.1 Å². The average Bonchev–Trinajstić information content (AvgIpc) is 2.77. The molecule has 0 saturated carbocycles. The molecule has 3 aromatic rings. The summed E-state index contributed by atoms with van der Waals surface area (Å²) in [6.45, 7) is 3.92. The molecule has 3 rings (SSSR count). The van der Waals surface area contributed by atoms with Crippen LogP contribution in [0, 0.1) is 6.92 Å². The zero-order chi connectivity index (χ0) is 24.0. The van der Waals surface area contributed by atoms with Crippen LogP contribution in [0.15, 0.2) is 79.6 Å². The summed E-state index contributed by atoms with van der Waals surface area (Å²) in [5.74, 6) is -0.153. The van der Waals surface area contributed by atoms with Crippen LogP contribution < -0.4 is 14.3 Å². The predicted octanol–water partition coefficient (Wildman–Crippen LogP) is 5.45. The first kappa shape index (κ1) is 24.9. The van der Waals surface area contributed by atoms with Crippen molar-refractivity contribution < 1.29 is 22.1 Å². The highest BCUT2D eigenvalue weighted by Crippen LogP contribution is 2.38. The smallest absolute Gasteiger partial charge is 0.339 e. The van der Waals surface area contributed by atoms with Gasteiger partial charge in [0.05, 0.1) is 22.9 Å². The van der Waals surface area contributed by atoms with E-state index >= 15 is 0 Å². The van der Waals surface area contributed by atoms with Crippen molar-refractivity contribution >= 4 is 54.1 Å². The maximum Gasteiger partial charge on any atom is 0.339 e. The number of amides is 1. The zero-order valence-electron chi connectivity index (χ0n) is 17.7. The second kappa shape index (κ2) is 11.0. The van der Waals surface area contributed by atoms with Crippen LogP contribution in [-0.2, 0) is 10.1 Å². The van der Waals surface area contributed by atoms with Crippen LogP contribution in [-0.4, -0.2) is 27.1 Å². The van der Waals surface area contributed by atoms with Gasteiger partial charge in [-0.05, 0) is 87.7 Å². The van der Waals surface area contributed by atoms with E-state index in [1.807, 2.05) is 6.92 Å². The maximum absolute atomic E-state index is 12.7. The number of hydrogen-bond donors (Lipinski definition) is 1. The number of nitrogens with one attached hydrogen (secondary N) is 1. The van der Waals surface area contributed by atoms with Gasteiger partial charge in [-0.25, -0.2) is 5.43 Å². The number of carbonyl (C=O) groups excluding carboxylic acids is 1. The minimum atomic E-state index is -4.07. The molecule has 0 bridgehead atoms. The van der Waals surface area contributed by atoms with Crippen molar-refractivity contribution in [3.8, 4) is 11.5 Å². The molecule has 0 radical (unpaired) electrons. The second-order valence-corrected chi connectivity index (χ2v) is 10.0. The molecule has 33 heavy (non-hydrogen) atoms. The average molecular weight is 596 g/mol. The predicted molar refractivity (Wildman–Crippen MR) is 134 cm³/mol. The Hall–Kier alpha value is -2.69. The molecule has 0 fully saturated rings. The fourth-order valence-electron chi connectivity index (χ4n) is 2.74. The topological polar surface area (TPSA) is 94.1 Å². The van der Waals surface area contributed by atoms with Gasteiger partial charge in [-0.1, -0.05) is 29.8 Å². The van der Waals surface area contributed by atoms with E-state index in [9.17, 15) is 13.2 Å². The lowest BCUT2D eigenvalue weighted by molar-refractivity contribution is 0.0954. The van der Waals surface area contributed by atoms with Gasteiger partial charge in [0.2, 0.25) is 0 Å². The summed E-state index contributed by atoms with van der Waals surface area (Å²) < 4.78 is 37.5. The third-order valence-electron chi connectivity index (χ3n) is 4.33. The van der Waals surface area contributed by atoms with E-state index in [1.54, 1.807) is 55.5 Å². The number of aryl methyl sites for hydroxylation is 1. The Bertz CT molecular complexity index is 1290. The molecule has 0 saturated heterocycles. The summed E-state index contributed by atoms with van der Waals surface area (Å²) >= 11 is 6.67. The van der Waals surface area contributed by atoms with Crippen LogP contribution in [0.25, 0.3) is 0 Å². The molecule has 0 aliphatic carbocycles. The largest absolute Gasteiger partial charge is 0.490 e. The Morgan fingerprint density at radius 1 is 1.06 bits per heavy atom. The highest BCUT2D eigenvalue weighted by molar-refractivity contribution is 9.10. The Kier molecular flexibility index (Phi) is 8.28. The number of hydrazone groups is 1. The van der Waals surface area contributed by atoms with Crippen molar-refractivity contribution in [1.29, 1.82) is 0 Å². The van der Waals surface area contributed by atoms with E-state index in [2.05, 4.69) is 42.4 Å². The molecule has 3 aromatic carbocycles. The Balaban J connectivity index is 1.83. The monoisotopic (exact) mass is 594 g/mol. The van der Waals surface area contributed by atoms with Gasteiger partial charge in [0, 0.05) is 4.47 Å². The molecule has 7 nitrogen and oxygen atoms in total. The van der Waals surface area contributed by atoms with Gasteiger partial charge in [-0.15, -0.1) is 0 Å². The molecular formula is C23H20Br2N2O5S. The third kappa shape index (κ3) is 6.43. The van der Waals surface area contributed by atoms with Crippen LogP contribution in [0.5, 0.6) is 11.5 Å². The molecule has 0 atom stereocenters. The van der Waals surface area contributed by atoms with Crippen molar-refractivity contribution in [3.05, 3.63) is 86.3 Å². The SMILES string of the molecule is CCOc1cc(/C=N\NC(=O)c2ccccc2Br)cc(Br)c1OS(=O)(=O)c1ccc(C)cc1.